The van der Waals surface area contributed by atoms with E-state index in [1.165, 1.54) is 0 Å². The Hall–Kier alpha value is -3.34. The maximum absolute atomic E-state index is 13.3. The number of H-pyrrole nitrogens is 1. The van der Waals surface area contributed by atoms with Gasteiger partial charge in [-0.05, 0) is 49.8 Å². The number of likely N-dealkylation sites (tertiary alicyclic amines) is 2. The molecular weight excluding hydrogens is 547 g/mol. The predicted molar refractivity (Wildman–Crippen MR) is 133 cm³/mol. The molecule has 2 aliphatic heterocycles. The van der Waals surface area contributed by atoms with Crippen LogP contribution in [-0.2, 0) is 0 Å². The number of halogens is 6. The van der Waals surface area contributed by atoms with Crippen molar-refractivity contribution in [3.63, 3.8) is 0 Å². The van der Waals surface area contributed by atoms with Crippen LogP contribution >= 0.6 is 7.81 Å². The van der Waals surface area contributed by atoms with E-state index in [1.807, 2.05) is 41.1 Å². The van der Waals surface area contributed by atoms with Crippen molar-refractivity contribution in [2.24, 2.45) is 11.8 Å². The Morgan fingerprint density at radius 2 is 1.56 bits per heavy atom. The third-order valence-corrected chi connectivity index (χ3v) is 6.77. The number of nitrogens with zero attached hydrogens (tertiary/aromatic N) is 4. The average Bonchev–Trinajstić information content (AvgIpc) is 3.06. The molecule has 2 aliphatic rings. The van der Waals surface area contributed by atoms with E-state index >= 15 is 0 Å². The normalized spacial score (nSPS) is 20.1. The number of nitrogens with one attached hydrogen (secondary N) is 1. The van der Waals surface area contributed by atoms with Gasteiger partial charge in [-0.2, -0.15) is 0 Å². The minimum absolute atomic E-state index is 0.0469. The summed E-state index contributed by atoms with van der Waals surface area (Å²) in [5.74, 6) is 0.999. The number of hydrogen-bond donors (Lipinski definition) is 0. The van der Waals surface area contributed by atoms with Crippen LogP contribution in [0.3, 0.4) is 0 Å². The second-order valence-corrected chi connectivity index (χ2v) is 11.9. The van der Waals surface area contributed by atoms with Gasteiger partial charge in [-0.1, -0.05) is 6.42 Å². The van der Waals surface area contributed by atoms with Crippen LogP contribution < -0.4 is 4.98 Å². The summed E-state index contributed by atoms with van der Waals surface area (Å²) in [6, 6.07) is 5.72. The van der Waals surface area contributed by atoms with Gasteiger partial charge in [0.15, 0.2) is 12.4 Å². The Balaban J connectivity index is 0.000000448. The van der Waals surface area contributed by atoms with Gasteiger partial charge in [0.05, 0.1) is 17.3 Å². The van der Waals surface area contributed by atoms with Gasteiger partial charge in [-0.15, -0.1) is 0 Å². The van der Waals surface area contributed by atoms with Crippen molar-refractivity contribution in [3.8, 4) is 0 Å². The number of fused-ring (bicyclic) bond motifs is 1. The molecule has 7 nitrogen and oxygen atoms in total. The van der Waals surface area contributed by atoms with E-state index in [0.29, 0.717) is 23.0 Å². The Morgan fingerprint density at radius 1 is 0.897 bits per heavy atom. The molecule has 1 atom stereocenters. The number of rotatable bonds is 3. The molecule has 14 heteroatoms. The summed E-state index contributed by atoms with van der Waals surface area (Å²) in [5.41, 5.74) is 3.18. The first-order valence-corrected chi connectivity index (χ1v) is 14.4. The second-order valence-electron chi connectivity index (χ2n) is 10.0. The first-order valence-electron chi connectivity index (χ1n) is 12.4. The van der Waals surface area contributed by atoms with Gasteiger partial charge >= 0.3 is 33.0 Å². The van der Waals surface area contributed by atoms with Crippen molar-refractivity contribution in [1.82, 2.24) is 19.8 Å². The average molecular weight is 575 g/mol. The van der Waals surface area contributed by atoms with Gasteiger partial charge in [-0.25, -0.2) is 4.98 Å². The van der Waals surface area contributed by atoms with Crippen LogP contribution in [0.4, 0.5) is 25.2 Å². The maximum atomic E-state index is 13.3. The Bertz CT molecular complexity index is 1370. The Labute approximate surface area is 220 Å². The number of pyridine rings is 3. The summed E-state index contributed by atoms with van der Waals surface area (Å²) in [6.45, 7) is 5.04. The fourth-order valence-electron chi connectivity index (χ4n) is 4.89. The van der Waals surface area contributed by atoms with E-state index in [9.17, 15) is 34.8 Å². The molecule has 39 heavy (non-hydrogen) atoms. The molecule has 5 rings (SSSR count). The van der Waals surface area contributed by atoms with Crippen LogP contribution in [0.2, 0.25) is 0 Å². The number of amides is 2. The van der Waals surface area contributed by atoms with E-state index < -0.39 is 7.81 Å². The Kier molecular flexibility index (Phi) is 7.35. The fraction of sp³-hybridized carbons (Fsp3) is 0.400. The van der Waals surface area contributed by atoms with Gasteiger partial charge in [0.25, 0.3) is 11.8 Å². The SMILES string of the molecule is Cc1c[nH+]cc(C(=O)N2CC(C3CCCCN(C(=O)c4cnc5cnccc5c4)C3)C2)c1.F[P-](F)(F)(F)(F)F. The van der Waals surface area contributed by atoms with Crippen LogP contribution in [0.1, 0.15) is 45.5 Å². The molecule has 0 aliphatic carbocycles. The molecule has 3 aromatic rings. The molecule has 1 unspecified atom stereocenters. The monoisotopic (exact) mass is 575 g/mol. The molecule has 0 radical (unpaired) electrons. The third kappa shape index (κ3) is 8.58. The van der Waals surface area contributed by atoms with Gasteiger partial charge in [0.1, 0.15) is 5.56 Å². The summed E-state index contributed by atoms with van der Waals surface area (Å²) < 4.78 is 59.2. The van der Waals surface area contributed by atoms with Crippen LogP contribution in [0.25, 0.3) is 10.9 Å². The molecule has 212 valence electrons. The van der Waals surface area contributed by atoms with Crippen LogP contribution in [0, 0.1) is 18.8 Å². The summed E-state index contributed by atoms with van der Waals surface area (Å²) >= 11 is 0. The van der Waals surface area contributed by atoms with E-state index in [1.54, 1.807) is 24.8 Å². The molecule has 2 saturated heterocycles. The zero-order valence-corrected chi connectivity index (χ0v) is 21.9. The first-order chi connectivity index (χ1) is 18.0. The summed E-state index contributed by atoms with van der Waals surface area (Å²) in [4.78, 5) is 41.5. The van der Waals surface area contributed by atoms with Crippen LogP contribution in [0.5, 0.6) is 0 Å². The van der Waals surface area contributed by atoms with Crippen molar-refractivity contribution >= 4 is 30.5 Å². The zero-order chi connectivity index (χ0) is 28.5. The van der Waals surface area contributed by atoms with Crippen molar-refractivity contribution in [1.29, 1.82) is 0 Å². The van der Waals surface area contributed by atoms with Crippen molar-refractivity contribution in [3.05, 3.63) is 65.9 Å². The molecular formula is C25H28F6N5O2P. The summed E-state index contributed by atoms with van der Waals surface area (Å²) in [7, 11) is -10.7. The van der Waals surface area contributed by atoms with Crippen LogP contribution in [-0.4, -0.2) is 57.8 Å². The summed E-state index contributed by atoms with van der Waals surface area (Å²) in [5, 5.41) is 0.929. The van der Waals surface area contributed by atoms with Gasteiger partial charge in [0, 0.05) is 49.5 Å². The number of hydrogen-bond acceptors (Lipinski definition) is 4. The molecule has 3 aromatic heterocycles. The number of aromatic amines is 1. The molecule has 0 saturated carbocycles. The molecule has 2 fully saturated rings. The quantitative estimate of drug-likeness (QED) is 0.277. The molecule has 5 heterocycles. The number of carbonyl (C=O) groups excluding carboxylic acids is 2. The fourth-order valence-corrected chi connectivity index (χ4v) is 4.89. The third-order valence-electron chi connectivity index (χ3n) is 6.77. The molecule has 0 bridgehead atoms. The molecule has 2 amide bonds. The van der Waals surface area contributed by atoms with Gasteiger partial charge < -0.3 is 9.80 Å². The van der Waals surface area contributed by atoms with Crippen molar-refractivity contribution in [2.75, 3.05) is 26.2 Å². The van der Waals surface area contributed by atoms with Gasteiger partial charge in [-0.3, -0.25) is 19.6 Å². The van der Waals surface area contributed by atoms with E-state index in [4.69, 9.17) is 0 Å². The summed E-state index contributed by atoms with van der Waals surface area (Å²) in [6.07, 6.45) is 12.0. The standard InChI is InChI=1S/C25H27N5O2.F6P/c1-17-8-20(11-27-10-17)25(32)30-15-22(16-30)19-4-2-3-7-29(14-19)24(31)21-9-18-5-6-26-13-23(18)28-12-21;1-7(2,3,4,5)6/h5-6,8-13,19,22H,2-4,7,14-16H2,1H3;/q;-1/p+1. The second kappa shape index (κ2) is 10.0. The Morgan fingerprint density at radius 3 is 2.26 bits per heavy atom. The van der Waals surface area contributed by atoms with Crippen molar-refractivity contribution < 1.29 is 39.8 Å². The molecule has 1 N–H and O–H groups in total. The first kappa shape index (κ1) is 28.7. The van der Waals surface area contributed by atoms with Crippen molar-refractivity contribution in [2.45, 2.75) is 26.2 Å². The topological polar surface area (TPSA) is 80.5 Å². The number of aromatic nitrogens is 3. The van der Waals surface area contributed by atoms with Crippen LogP contribution in [0.15, 0.2) is 49.2 Å². The number of aryl methyl sites for hydroxylation is 1. The van der Waals surface area contributed by atoms with E-state index in [-0.39, 0.29) is 11.8 Å². The predicted octanol–water partition coefficient (Wildman–Crippen LogP) is 6.15. The van der Waals surface area contributed by atoms with E-state index in [0.717, 1.165) is 61.9 Å². The molecule has 0 aromatic carbocycles. The zero-order valence-electron chi connectivity index (χ0n) is 21.0. The number of carbonyl (C=O) groups is 2. The van der Waals surface area contributed by atoms with Gasteiger partial charge in [0.2, 0.25) is 0 Å². The molecule has 0 spiro atoms. The minimum atomic E-state index is -10.7. The van der Waals surface area contributed by atoms with E-state index in [2.05, 4.69) is 15.0 Å².